The average Bonchev–Trinajstić information content (AvgIpc) is 3.52. The maximum absolute atomic E-state index is 10.6. The molecule has 4 aromatic rings. The van der Waals surface area contributed by atoms with Crippen molar-refractivity contribution in [2.45, 2.75) is 37.1 Å². The molecular weight excluding hydrogens is 436 g/mol. The highest BCUT2D eigenvalue weighted by atomic mass is 32.2. The number of aliphatic hydroxyl groups is 1. The fourth-order valence-corrected chi connectivity index (χ4v) is 4.92. The van der Waals surface area contributed by atoms with Crippen molar-refractivity contribution >= 4 is 28.5 Å². The van der Waals surface area contributed by atoms with Crippen LogP contribution in [0.15, 0.2) is 70.4 Å². The maximum atomic E-state index is 10.6. The Kier molecular flexibility index (Phi) is 6.83. The zero-order chi connectivity index (χ0) is 22.5. The van der Waals surface area contributed by atoms with Gasteiger partial charge in [-0.25, -0.2) is 0 Å². The second-order valence-electron chi connectivity index (χ2n) is 8.28. The number of aromatic nitrogens is 3. The van der Waals surface area contributed by atoms with Crippen LogP contribution in [0, 0.1) is 0 Å². The van der Waals surface area contributed by atoms with Gasteiger partial charge in [0.1, 0.15) is 18.1 Å². The normalized spacial score (nSPS) is 15.1. The number of hydrogen-bond donors (Lipinski definition) is 1. The van der Waals surface area contributed by atoms with E-state index in [2.05, 4.69) is 31.8 Å². The Morgan fingerprint density at radius 1 is 1.00 bits per heavy atom. The van der Waals surface area contributed by atoms with E-state index < -0.39 is 6.10 Å². The summed E-state index contributed by atoms with van der Waals surface area (Å²) in [5.74, 6) is 2.95. The van der Waals surface area contributed by atoms with Gasteiger partial charge in [0.05, 0.1) is 18.9 Å². The fraction of sp³-hybridized carbons (Fsp3) is 0.360. The molecule has 0 amide bonds. The summed E-state index contributed by atoms with van der Waals surface area (Å²) < 4.78 is 13.5. The van der Waals surface area contributed by atoms with Crippen molar-refractivity contribution in [3.63, 3.8) is 0 Å². The zero-order valence-corrected chi connectivity index (χ0v) is 19.3. The van der Waals surface area contributed by atoms with E-state index in [9.17, 15) is 5.11 Å². The highest BCUT2D eigenvalue weighted by Crippen LogP contribution is 2.27. The number of hydrogen-bond acceptors (Lipinski definition) is 7. The minimum atomic E-state index is -0.631. The third-order valence-corrected chi connectivity index (χ3v) is 6.91. The van der Waals surface area contributed by atoms with Crippen LogP contribution in [-0.4, -0.2) is 51.4 Å². The van der Waals surface area contributed by atoms with Gasteiger partial charge in [-0.1, -0.05) is 42.1 Å². The zero-order valence-electron chi connectivity index (χ0n) is 18.5. The van der Waals surface area contributed by atoms with Gasteiger partial charge in [-0.2, -0.15) is 0 Å². The Balaban J connectivity index is 1.22. The number of piperidine rings is 1. The molecule has 0 spiro atoms. The molecule has 1 aliphatic heterocycles. The number of furan rings is 1. The van der Waals surface area contributed by atoms with Crippen LogP contribution in [0.4, 0.5) is 5.95 Å². The Labute approximate surface area is 197 Å². The lowest BCUT2D eigenvalue weighted by molar-refractivity contribution is 0.126. The van der Waals surface area contributed by atoms with Crippen LogP contribution in [0.25, 0.3) is 10.8 Å². The average molecular weight is 465 g/mol. The molecule has 8 heteroatoms. The molecule has 5 rings (SSSR count). The second kappa shape index (κ2) is 10.3. The van der Waals surface area contributed by atoms with Gasteiger partial charge in [-0.3, -0.25) is 4.57 Å². The summed E-state index contributed by atoms with van der Waals surface area (Å²) in [7, 11) is 0. The first kappa shape index (κ1) is 21.9. The Morgan fingerprint density at radius 2 is 1.85 bits per heavy atom. The molecule has 2 aromatic heterocycles. The van der Waals surface area contributed by atoms with E-state index in [4.69, 9.17) is 9.15 Å². The lowest BCUT2D eigenvalue weighted by Gasteiger charge is -2.27. The van der Waals surface area contributed by atoms with E-state index in [1.807, 2.05) is 42.5 Å². The molecule has 1 N–H and O–H groups in total. The summed E-state index contributed by atoms with van der Waals surface area (Å²) in [6.45, 7) is 2.76. The number of benzene rings is 2. The van der Waals surface area contributed by atoms with E-state index in [1.54, 1.807) is 6.26 Å². The van der Waals surface area contributed by atoms with Crippen molar-refractivity contribution in [3.8, 4) is 5.75 Å². The van der Waals surface area contributed by atoms with Crippen LogP contribution in [0.1, 0.15) is 25.0 Å². The minimum Gasteiger partial charge on any atom is -0.491 e. The van der Waals surface area contributed by atoms with Gasteiger partial charge in [0.15, 0.2) is 5.16 Å². The number of thioether (sulfide) groups is 1. The van der Waals surface area contributed by atoms with Crippen LogP contribution in [0.5, 0.6) is 5.75 Å². The molecule has 172 valence electrons. The topological polar surface area (TPSA) is 76.6 Å². The van der Waals surface area contributed by atoms with Crippen LogP contribution in [0.3, 0.4) is 0 Å². The maximum Gasteiger partial charge on any atom is 0.228 e. The van der Waals surface area contributed by atoms with Crippen molar-refractivity contribution in [1.29, 1.82) is 0 Å². The summed E-state index contributed by atoms with van der Waals surface area (Å²) in [4.78, 5) is 2.29. The summed E-state index contributed by atoms with van der Waals surface area (Å²) in [6.07, 6.45) is 4.64. The molecule has 0 saturated carbocycles. The first-order valence-electron chi connectivity index (χ1n) is 11.4. The number of anilines is 1. The van der Waals surface area contributed by atoms with Gasteiger partial charge in [-0.05, 0) is 54.3 Å². The molecule has 1 unspecified atom stereocenters. The summed E-state index contributed by atoms with van der Waals surface area (Å²) >= 11 is 1.49. The molecule has 3 heterocycles. The monoisotopic (exact) mass is 464 g/mol. The molecule has 1 fully saturated rings. The van der Waals surface area contributed by atoms with E-state index in [1.165, 1.54) is 36.4 Å². The molecule has 1 atom stereocenters. The first-order valence-corrected chi connectivity index (χ1v) is 12.4. The van der Waals surface area contributed by atoms with Crippen LogP contribution < -0.4 is 9.64 Å². The van der Waals surface area contributed by atoms with Crippen molar-refractivity contribution in [2.75, 3.05) is 30.3 Å². The molecule has 0 bridgehead atoms. The van der Waals surface area contributed by atoms with Crippen LogP contribution >= 0.6 is 11.8 Å². The number of aliphatic hydroxyl groups excluding tert-OH is 1. The third-order valence-electron chi connectivity index (χ3n) is 5.80. The predicted molar refractivity (Wildman–Crippen MR) is 130 cm³/mol. The van der Waals surface area contributed by atoms with Gasteiger partial charge >= 0.3 is 0 Å². The number of rotatable bonds is 9. The number of fused-ring (bicyclic) bond motifs is 1. The van der Waals surface area contributed by atoms with Gasteiger partial charge in [0.2, 0.25) is 5.95 Å². The van der Waals surface area contributed by atoms with E-state index in [0.29, 0.717) is 12.3 Å². The van der Waals surface area contributed by atoms with Gasteiger partial charge in [0.25, 0.3) is 0 Å². The SMILES string of the molecule is OC(COc1ccc2ccccc2c1)CSc1nnc(N2CCCCC2)n1Cc1ccco1. The summed E-state index contributed by atoms with van der Waals surface area (Å²) in [5, 5.41) is 22.5. The quantitative estimate of drug-likeness (QED) is 0.363. The third kappa shape index (κ3) is 5.34. The highest BCUT2D eigenvalue weighted by Gasteiger charge is 2.22. The van der Waals surface area contributed by atoms with Crippen molar-refractivity contribution in [2.24, 2.45) is 0 Å². The molecule has 33 heavy (non-hydrogen) atoms. The second-order valence-corrected chi connectivity index (χ2v) is 9.27. The Bertz CT molecular complexity index is 1170. The number of ether oxygens (including phenoxy) is 1. The standard InChI is InChI=1S/C25H28N4O3S/c30-21(17-32-22-11-10-19-7-2-3-8-20(19)15-22)18-33-25-27-26-24(28-12-4-1-5-13-28)29(25)16-23-9-6-14-31-23/h2-3,6-11,14-15,21,30H,1,4-5,12-13,16-18H2. The Hall–Kier alpha value is -2.97. The smallest absolute Gasteiger partial charge is 0.228 e. The van der Waals surface area contributed by atoms with Gasteiger partial charge < -0.3 is 19.2 Å². The number of nitrogens with zero attached hydrogens (tertiary/aromatic N) is 4. The van der Waals surface area contributed by atoms with E-state index in [-0.39, 0.29) is 6.61 Å². The van der Waals surface area contributed by atoms with Crippen molar-refractivity contribution < 1.29 is 14.3 Å². The first-order chi connectivity index (χ1) is 16.3. The molecule has 7 nitrogen and oxygen atoms in total. The lowest BCUT2D eigenvalue weighted by Crippen LogP contribution is -2.32. The Morgan fingerprint density at radius 3 is 2.67 bits per heavy atom. The fourth-order valence-electron chi connectivity index (χ4n) is 4.08. The molecule has 1 aliphatic rings. The molecule has 1 saturated heterocycles. The molecule has 2 aromatic carbocycles. The lowest BCUT2D eigenvalue weighted by atomic mass is 10.1. The predicted octanol–water partition coefficient (Wildman–Crippen LogP) is 4.59. The van der Waals surface area contributed by atoms with Crippen LogP contribution in [-0.2, 0) is 6.54 Å². The van der Waals surface area contributed by atoms with Gasteiger partial charge in [0, 0.05) is 18.8 Å². The summed E-state index contributed by atoms with van der Waals surface area (Å²) in [6, 6.07) is 18.0. The summed E-state index contributed by atoms with van der Waals surface area (Å²) in [5.41, 5.74) is 0. The largest absolute Gasteiger partial charge is 0.491 e. The van der Waals surface area contributed by atoms with Crippen molar-refractivity contribution in [3.05, 3.63) is 66.6 Å². The highest BCUT2D eigenvalue weighted by molar-refractivity contribution is 7.99. The van der Waals surface area contributed by atoms with E-state index >= 15 is 0 Å². The van der Waals surface area contributed by atoms with Crippen molar-refractivity contribution in [1.82, 2.24) is 14.8 Å². The van der Waals surface area contributed by atoms with E-state index in [0.717, 1.165) is 41.1 Å². The molecule has 0 radical (unpaired) electrons. The molecular formula is C25H28N4O3S. The van der Waals surface area contributed by atoms with Crippen LogP contribution in [0.2, 0.25) is 0 Å². The molecule has 0 aliphatic carbocycles. The van der Waals surface area contributed by atoms with Gasteiger partial charge in [-0.15, -0.1) is 10.2 Å². The minimum absolute atomic E-state index is 0.219.